The van der Waals surface area contributed by atoms with Crippen LogP contribution in [0, 0.1) is 11.3 Å². The van der Waals surface area contributed by atoms with Gasteiger partial charge < -0.3 is 0 Å². The van der Waals surface area contributed by atoms with Gasteiger partial charge in [0, 0.05) is 5.41 Å². The summed E-state index contributed by atoms with van der Waals surface area (Å²) in [5.74, 6) is 0.716. The fraction of sp³-hybridized carbons (Fsp3) is 0.500. The largest absolute Gasteiger partial charge is 0.290 e. The number of carbonyl (C=O) groups is 1. The fourth-order valence-corrected chi connectivity index (χ4v) is 2.56. The van der Waals surface area contributed by atoms with E-state index in [2.05, 4.69) is 26.5 Å². The van der Waals surface area contributed by atoms with Crippen LogP contribution < -0.4 is 0 Å². The average molecular weight is 202 g/mol. The lowest BCUT2D eigenvalue weighted by Gasteiger charge is -2.39. The van der Waals surface area contributed by atoms with Gasteiger partial charge in [-0.2, -0.15) is 0 Å². The molecule has 0 heterocycles. The fourth-order valence-electron chi connectivity index (χ4n) is 2.56. The summed E-state index contributed by atoms with van der Waals surface area (Å²) in [5.41, 5.74) is 2.69. The second kappa shape index (κ2) is 3.48. The minimum Gasteiger partial charge on any atom is -0.290 e. The number of hydrogen-bond donors (Lipinski definition) is 0. The quantitative estimate of drug-likeness (QED) is 0.595. The van der Waals surface area contributed by atoms with E-state index in [1.54, 1.807) is 6.08 Å². The molecule has 0 saturated heterocycles. The van der Waals surface area contributed by atoms with Gasteiger partial charge in [-0.25, -0.2) is 0 Å². The van der Waals surface area contributed by atoms with Gasteiger partial charge >= 0.3 is 0 Å². The van der Waals surface area contributed by atoms with E-state index >= 15 is 0 Å². The molecule has 0 N–H and O–H groups in total. The van der Waals surface area contributed by atoms with Crippen molar-refractivity contribution in [3.05, 3.63) is 36.0 Å². The van der Waals surface area contributed by atoms with Crippen LogP contribution in [-0.4, -0.2) is 5.78 Å². The Kier molecular flexibility index (Phi) is 2.41. The second-order valence-corrected chi connectivity index (χ2v) is 5.11. The molecule has 2 unspecified atom stereocenters. The average Bonchev–Trinajstić information content (AvgIpc) is 2.18. The monoisotopic (exact) mass is 202 g/mol. The Morgan fingerprint density at radius 2 is 2.33 bits per heavy atom. The summed E-state index contributed by atoms with van der Waals surface area (Å²) in [5, 5.41) is 0. The molecular formula is C14H18O. The molecule has 0 amide bonds. The van der Waals surface area contributed by atoms with E-state index in [0.717, 1.165) is 12.8 Å². The van der Waals surface area contributed by atoms with Crippen LogP contribution >= 0.6 is 0 Å². The van der Waals surface area contributed by atoms with Crippen molar-refractivity contribution in [1.82, 2.24) is 0 Å². The molecule has 2 aliphatic rings. The summed E-state index contributed by atoms with van der Waals surface area (Å²) in [6, 6.07) is 0. The van der Waals surface area contributed by atoms with Gasteiger partial charge in [-0.3, -0.25) is 4.79 Å². The maximum atomic E-state index is 11.4. The minimum absolute atomic E-state index is 0.139. The molecule has 1 saturated carbocycles. The standard InChI is InChI=1S/C14H18O/c1-10(2)11-4-6-14(3)7-5-13(15)9-12(14)8-11/h5,7,9,11H,1,4,6,8H2,2-3H3. The van der Waals surface area contributed by atoms with Gasteiger partial charge in [0.25, 0.3) is 0 Å². The lowest BCUT2D eigenvalue weighted by atomic mass is 9.65. The maximum Gasteiger partial charge on any atom is 0.178 e. The van der Waals surface area contributed by atoms with Gasteiger partial charge in [-0.05, 0) is 44.3 Å². The molecule has 0 spiro atoms. The van der Waals surface area contributed by atoms with E-state index < -0.39 is 0 Å². The van der Waals surface area contributed by atoms with Crippen LogP contribution in [0.1, 0.15) is 33.1 Å². The van der Waals surface area contributed by atoms with Crippen LogP contribution in [0.2, 0.25) is 0 Å². The summed E-state index contributed by atoms with van der Waals surface area (Å²) in [7, 11) is 0. The summed E-state index contributed by atoms with van der Waals surface area (Å²) in [4.78, 5) is 11.4. The number of allylic oxidation sites excluding steroid dienone is 5. The first kappa shape index (κ1) is 10.4. The highest BCUT2D eigenvalue weighted by Crippen LogP contribution is 2.46. The summed E-state index contributed by atoms with van der Waals surface area (Å²) >= 11 is 0. The molecule has 2 atom stereocenters. The predicted octanol–water partition coefficient (Wildman–Crippen LogP) is 3.43. The van der Waals surface area contributed by atoms with E-state index in [1.165, 1.54) is 17.6 Å². The lowest BCUT2D eigenvalue weighted by molar-refractivity contribution is -0.110. The molecule has 80 valence electrons. The van der Waals surface area contributed by atoms with Crippen molar-refractivity contribution in [2.45, 2.75) is 33.1 Å². The van der Waals surface area contributed by atoms with Gasteiger partial charge in [0.1, 0.15) is 0 Å². The molecule has 15 heavy (non-hydrogen) atoms. The van der Waals surface area contributed by atoms with Crippen molar-refractivity contribution in [1.29, 1.82) is 0 Å². The smallest absolute Gasteiger partial charge is 0.178 e. The summed E-state index contributed by atoms with van der Waals surface area (Å²) in [6.07, 6.45) is 8.97. The van der Waals surface area contributed by atoms with E-state index in [0.29, 0.717) is 5.92 Å². The van der Waals surface area contributed by atoms with Crippen LogP contribution in [0.4, 0.5) is 0 Å². The zero-order valence-corrected chi connectivity index (χ0v) is 9.55. The SMILES string of the molecule is C=C(C)C1CCC2(C)C=CC(=O)C=C2C1. The number of hydrogen-bond acceptors (Lipinski definition) is 1. The molecule has 0 aromatic rings. The Labute approximate surface area is 91.6 Å². The zero-order valence-electron chi connectivity index (χ0n) is 9.55. The molecule has 2 aliphatic carbocycles. The first-order chi connectivity index (χ1) is 7.01. The molecule has 1 fully saturated rings. The zero-order chi connectivity index (χ0) is 11.1. The Hall–Kier alpha value is -1.11. The molecule has 0 aromatic carbocycles. The van der Waals surface area contributed by atoms with Crippen molar-refractivity contribution >= 4 is 5.78 Å². The van der Waals surface area contributed by atoms with Gasteiger partial charge in [0.15, 0.2) is 5.78 Å². The van der Waals surface area contributed by atoms with Crippen LogP contribution in [0.5, 0.6) is 0 Å². The summed E-state index contributed by atoms with van der Waals surface area (Å²) < 4.78 is 0. The normalized spacial score (nSPS) is 34.7. The molecule has 0 aliphatic heterocycles. The van der Waals surface area contributed by atoms with Gasteiger partial charge in [0.2, 0.25) is 0 Å². The van der Waals surface area contributed by atoms with Crippen molar-refractivity contribution < 1.29 is 4.79 Å². The van der Waals surface area contributed by atoms with Gasteiger partial charge in [-0.1, -0.05) is 30.7 Å². The Morgan fingerprint density at radius 3 is 3.00 bits per heavy atom. The van der Waals surface area contributed by atoms with Crippen LogP contribution in [-0.2, 0) is 4.79 Å². The van der Waals surface area contributed by atoms with Crippen LogP contribution in [0.25, 0.3) is 0 Å². The molecule has 1 heteroatoms. The minimum atomic E-state index is 0.139. The van der Waals surface area contributed by atoms with Crippen molar-refractivity contribution in [3.8, 4) is 0 Å². The highest BCUT2D eigenvalue weighted by atomic mass is 16.1. The van der Waals surface area contributed by atoms with Crippen molar-refractivity contribution in [2.24, 2.45) is 11.3 Å². The van der Waals surface area contributed by atoms with Crippen LogP contribution in [0.15, 0.2) is 36.0 Å². The van der Waals surface area contributed by atoms with E-state index in [9.17, 15) is 4.79 Å². The van der Waals surface area contributed by atoms with Crippen LogP contribution in [0.3, 0.4) is 0 Å². The molecule has 0 aromatic heterocycles. The number of fused-ring (bicyclic) bond motifs is 1. The van der Waals surface area contributed by atoms with Gasteiger partial charge in [-0.15, -0.1) is 0 Å². The number of ketones is 1. The van der Waals surface area contributed by atoms with Gasteiger partial charge in [0.05, 0.1) is 0 Å². The van der Waals surface area contributed by atoms with Crippen molar-refractivity contribution in [2.75, 3.05) is 0 Å². The topological polar surface area (TPSA) is 17.1 Å². The number of carbonyl (C=O) groups excluding carboxylic acids is 1. The third kappa shape index (κ3) is 1.83. The van der Waals surface area contributed by atoms with Crippen molar-refractivity contribution in [3.63, 3.8) is 0 Å². The maximum absolute atomic E-state index is 11.4. The van der Waals surface area contributed by atoms with E-state index in [-0.39, 0.29) is 11.2 Å². The Morgan fingerprint density at radius 1 is 1.60 bits per heavy atom. The molecule has 0 bridgehead atoms. The molecule has 2 rings (SSSR count). The predicted molar refractivity (Wildman–Crippen MR) is 62.5 cm³/mol. The third-order valence-electron chi connectivity index (χ3n) is 3.84. The first-order valence-electron chi connectivity index (χ1n) is 5.61. The summed E-state index contributed by atoms with van der Waals surface area (Å²) in [6.45, 7) is 8.35. The third-order valence-corrected chi connectivity index (χ3v) is 3.84. The number of rotatable bonds is 1. The Bertz CT molecular complexity index is 373. The molecule has 0 radical (unpaired) electrons. The Balaban J connectivity index is 2.25. The highest BCUT2D eigenvalue weighted by molar-refractivity contribution is 6.01. The second-order valence-electron chi connectivity index (χ2n) is 5.11. The lowest BCUT2D eigenvalue weighted by Crippen LogP contribution is -2.28. The first-order valence-corrected chi connectivity index (χ1v) is 5.61. The van der Waals surface area contributed by atoms with E-state index in [4.69, 9.17) is 0 Å². The van der Waals surface area contributed by atoms with E-state index in [1.807, 2.05) is 6.08 Å². The molecular weight excluding hydrogens is 184 g/mol. The highest BCUT2D eigenvalue weighted by Gasteiger charge is 2.35. The molecule has 1 nitrogen and oxygen atoms in total.